The molecule has 1 aliphatic rings. The zero-order valence-corrected chi connectivity index (χ0v) is 9.35. The van der Waals surface area contributed by atoms with E-state index in [4.69, 9.17) is 4.55 Å². The van der Waals surface area contributed by atoms with Gasteiger partial charge in [-0.1, -0.05) is 23.9 Å². The van der Waals surface area contributed by atoms with E-state index in [1.54, 1.807) is 11.8 Å². The third-order valence-corrected chi connectivity index (χ3v) is 4.39. The van der Waals surface area contributed by atoms with Crippen molar-refractivity contribution in [3.05, 3.63) is 24.3 Å². The van der Waals surface area contributed by atoms with Crippen molar-refractivity contribution in [3.8, 4) is 0 Å². The minimum atomic E-state index is -1.73. The Hall–Kier alpha value is -0.520. The predicted octanol–water partition coefficient (Wildman–Crippen LogP) is 1.78. The zero-order valence-electron chi connectivity index (χ0n) is 7.71. The van der Waals surface area contributed by atoms with Gasteiger partial charge in [0.1, 0.15) is 0 Å². The summed E-state index contributed by atoms with van der Waals surface area (Å²) in [6.07, 6.45) is 0. The van der Waals surface area contributed by atoms with Gasteiger partial charge in [-0.05, 0) is 12.1 Å². The summed E-state index contributed by atoms with van der Waals surface area (Å²) in [5, 5.41) is 0.0817. The van der Waals surface area contributed by atoms with Crippen LogP contribution in [0.15, 0.2) is 29.2 Å². The number of nitrogens with zero attached hydrogens (tertiary/aromatic N) is 1. The van der Waals surface area contributed by atoms with Crippen LogP contribution in [-0.4, -0.2) is 26.9 Å². The third-order valence-electron chi connectivity index (χ3n) is 2.23. The van der Waals surface area contributed by atoms with Crippen molar-refractivity contribution in [2.45, 2.75) is 10.3 Å². The molecule has 14 heavy (non-hydrogen) atoms. The molecular formula is C9H11NO2S2. The van der Waals surface area contributed by atoms with Crippen LogP contribution in [-0.2, 0) is 11.1 Å². The largest absolute Gasteiger partial charge is 0.360 e. The Morgan fingerprint density at radius 1 is 1.57 bits per heavy atom. The molecule has 0 fully saturated rings. The van der Waals surface area contributed by atoms with Crippen molar-refractivity contribution in [1.29, 1.82) is 0 Å². The Labute approximate surface area is 89.8 Å². The highest BCUT2D eigenvalue weighted by molar-refractivity contribution is 8.01. The van der Waals surface area contributed by atoms with E-state index in [1.165, 1.54) is 4.90 Å². The van der Waals surface area contributed by atoms with E-state index in [1.807, 2.05) is 36.2 Å². The SMILES string of the molecule is CN1c2ccccc2SC1CS(=O)O. The highest BCUT2D eigenvalue weighted by atomic mass is 32.2. The van der Waals surface area contributed by atoms with E-state index in [-0.39, 0.29) is 11.1 Å². The second kappa shape index (κ2) is 3.92. The summed E-state index contributed by atoms with van der Waals surface area (Å²) >= 11 is -0.0814. The molecular weight excluding hydrogens is 218 g/mol. The molecule has 5 heteroatoms. The molecule has 2 unspecified atom stereocenters. The molecule has 1 aliphatic heterocycles. The van der Waals surface area contributed by atoms with Crippen LogP contribution in [0.2, 0.25) is 0 Å². The predicted molar refractivity (Wildman–Crippen MR) is 60.1 cm³/mol. The first-order valence-electron chi connectivity index (χ1n) is 4.24. The number of benzene rings is 1. The van der Waals surface area contributed by atoms with Crippen molar-refractivity contribution in [1.82, 2.24) is 0 Å². The van der Waals surface area contributed by atoms with Crippen LogP contribution in [0.25, 0.3) is 0 Å². The molecule has 2 rings (SSSR count). The Balaban J connectivity index is 2.21. The molecule has 0 aromatic heterocycles. The summed E-state index contributed by atoms with van der Waals surface area (Å²) in [6, 6.07) is 8.03. The summed E-state index contributed by atoms with van der Waals surface area (Å²) in [5.74, 6) is 0.288. The van der Waals surface area contributed by atoms with E-state index in [9.17, 15) is 4.21 Å². The van der Waals surface area contributed by atoms with Gasteiger partial charge in [-0.15, -0.1) is 0 Å². The topological polar surface area (TPSA) is 40.5 Å². The third kappa shape index (κ3) is 1.80. The molecule has 0 bridgehead atoms. The summed E-state index contributed by atoms with van der Waals surface area (Å²) in [4.78, 5) is 3.24. The summed E-state index contributed by atoms with van der Waals surface area (Å²) in [6.45, 7) is 0. The second-order valence-electron chi connectivity index (χ2n) is 3.14. The van der Waals surface area contributed by atoms with E-state index in [0.29, 0.717) is 0 Å². The summed E-state index contributed by atoms with van der Waals surface area (Å²) < 4.78 is 19.6. The molecule has 1 heterocycles. The lowest BCUT2D eigenvalue weighted by molar-refractivity contribution is 0.562. The zero-order chi connectivity index (χ0) is 10.1. The Morgan fingerprint density at radius 3 is 2.93 bits per heavy atom. The van der Waals surface area contributed by atoms with Crippen LogP contribution in [0.3, 0.4) is 0 Å². The molecule has 0 saturated carbocycles. The van der Waals surface area contributed by atoms with Crippen LogP contribution >= 0.6 is 11.8 Å². The van der Waals surface area contributed by atoms with Gasteiger partial charge >= 0.3 is 0 Å². The lowest BCUT2D eigenvalue weighted by Crippen LogP contribution is -2.29. The lowest BCUT2D eigenvalue weighted by atomic mass is 10.3. The first-order valence-corrected chi connectivity index (χ1v) is 6.40. The van der Waals surface area contributed by atoms with E-state index in [2.05, 4.69) is 0 Å². The molecule has 1 aromatic rings. The number of rotatable bonds is 2. The van der Waals surface area contributed by atoms with E-state index in [0.717, 1.165) is 5.69 Å². The van der Waals surface area contributed by atoms with Gasteiger partial charge in [0.2, 0.25) is 0 Å². The van der Waals surface area contributed by atoms with Crippen LogP contribution in [0.5, 0.6) is 0 Å². The van der Waals surface area contributed by atoms with Gasteiger partial charge in [0.15, 0.2) is 11.1 Å². The molecule has 0 radical (unpaired) electrons. The molecule has 1 aromatic carbocycles. The maximum atomic E-state index is 10.7. The van der Waals surface area contributed by atoms with Crippen molar-refractivity contribution >= 4 is 28.5 Å². The maximum absolute atomic E-state index is 10.7. The fourth-order valence-corrected chi connectivity index (χ4v) is 3.64. The van der Waals surface area contributed by atoms with Gasteiger partial charge in [0, 0.05) is 11.9 Å². The number of fused-ring (bicyclic) bond motifs is 1. The maximum Gasteiger partial charge on any atom is 0.155 e. The second-order valence-corrected chi connectivity index (χ2v) is 5.34. The van der Waals surface area contributed by atoms with Crippen LogP contribution in [0.4, 0.5) is 5.69 Å². The van der Waals surface area contributed by atoms with E-state index < -0.39 is 11.1 Å². The highest BCUT2D eigenvalue weighted by Gasteiger charge is 2.27. The quantitative estimate of drug-likeness (QED) is 0.785. The highest BCUT2D eigenvalue weighted by Crippen LogP contribution is 2.42. The Kier molecular flexibility index (Phi) is 2.80. The summed E-state index contributed by atoms with van der Waals surface area (Å²) in [7, 11) is 1.95. The minimum Gasteiger partial charge on any atom is -0.360 e. The number of hydrogen-bond donors (Lipinski definition) is 1. The van der Waals surface area contributed by atoms with Gasteiger partial charge in [0.25, 0.3) is 0 Å². The van der Waals surface area contributed by atoms with Crippen molar-refractivity contribution in [2.24, 2.45) is 0 Å². The Bertz CT molecular complexity index is 370. The van der Waals surface area contributed by atoms with Crippen molar-refractivity contribution < 1.29 is 8.76 Å². The number of anilines is 1. The average Bonchev–Trinajstić information content (AvgIpc) is 2.44. The molecule has 0 saturated heterocycles. The van der Waals surface area contributed by atoms with Gasteiger partial charge < -0.3 is 9.45 Å². The van der Waals surface area contributed by atoms with Crippen LogP contribution < -0.4 is 4.90 Å². The molecule has 1 N–H and O–H groups in total. The number of hydrogen-bond acceptors (Lipinski definition) is 3. The number of para-hydroxylation sites is 1. The van der Waals surface area contributed by atoms with Gasteiger partial charge in [-0.2, -0.15) is 0 Å². The normalized spacial score (nSPS) is 22.1. The van der Waals surface area contributed by atoms with Gasteiger partial charge in [-0.3, -0.25) is 0 Å². The van der Waals surface area contributed by atoms with Crippen molar-refractivity contribution in [3.63, 3.8) is 0 Å². The monoisotopic (exact) mass is 229 g/mol. The standard InChI is InChI=1S/C9H11NO2S2/c1-10-7-4-2-3-5-8(7)13-9(10)6-14(11)12/h2-5,9H,6H2,1H3,(H,11,12). The molecule has 0 spiro atoms. The van der Waals surface area contributed by atoms with Gasteiger partial charge in [-0.25, -0.2) is 4.21 Å². The molecule has 0 amide bonds. The molecule has 2 atom stereocenters. The lowest BCUT2D eigenvalue weighted by Gasteiger charge is -2.19. The average molecular weight is 229 g/mol. The Morgan fingerprint density at radius 2 is 2.29 bits per heavy atom. The molecule has 76 valence electrons. The first-order chi connectivity index (χ1) is 6.68. The molecule has 3 nitrogen and oxygen atoms in total. The van der Waals surface area contributed by atoms with Crippen LogP contribution in [0.1, 0.15) is 0 Å². The fourth-order valence-electron chi connectivity index (χ4n) is 1.50. The minimum absolute atomic E-state index is 0.0817. The first kappa shape index (κ1) is 10.0. The van der Waals surface area contributed by atoms with Gasteiger partial charge in [0.05, 0.1) is 16.8 Å². The van der Waals surface area contributed by atoms with E-state index >= 15 is 0 Å². The van der Waals surface area contributed by atoms with Crippen molar-refractivity contribution in [2.75, 3.05) is 17.7 Å². The smallest absolute Gasteiger partial charge is 0.155 e. The fraction of sp³-hybridized carbons (Fsp3) is 0.333. The van der Waals surface area contributed by atoms with Crippen LogP contribution in [0, 0.1) is 0 Å². The number of thioether (sulfide) groups is 1. The summed E-state index contributed by atoms with van der Waals surface area (Å²) in [5.41, 5.74) is 1.15. The molecule has 0 aliphatic carbocycles.